The number of furan rings is 1. The Labute approximate surface area is 230 Å². The highest BCUT2D eigenvalue weighted by atomic mass is 19.1. The molecule has 2 N–H and O–H groups in total. The maximum Gasteiger partial charge on any atom is 0.407 e. The third-order valence-electron chi connectivity index (χ3n) is 5.30. The first-order valence-corrected chi connectivity index (χ1v) is 12.5. The molecule has 0 atom stereocenters. The van der Waals surface area contributed by atoms with Gasteiger partial charge in [-0.1, -0.05) is 0 Å². The second kappa shape index (κ2) is 11.6. The number of benzene rings is 1. The minimum absolute atomic E-state index is 0.0142. The van der Waals surface area contributed by atoms with E-state index in [1.807, 2.05) is 19.9 Å². The molecule has 1 aromatic carbocycles. The maximum absolute atomic E-state index is 14.2. The zero-order valence-corrected chi connectivity index (χ0v) is 23.2. The van der Waals surface area contributed by atoms with E-state index >= 15 is 0 Å². The summed E-state index contributed by atoms with van der Waals surface area (Å²) < 4.78 is 32.2. The molecule has 4 aromatic rings. The van der Waals surface area contributed by atoms with Gasteiger partial charge >= 0.3 is 6.09 Å². The van der Waals surface area contributed by atoms with Crippen molar-refractivity contribution in [1.29, 1.82) is 0 Å². The minimum atomic E-state index is -0.661. The number of aromatic nitrogens is 4. The first kappa shape index (κ1) is 28.3. The van der Waals surface area contributed by atoms with Gasteiger partial charge in [0.05, 0.1) is 5.69 Å². The van der Waals surface area contributed by atoms with Gasteiger partial charge in [0, 0.05) is 24.4 Å². The SMILES string of the molecule is Cc1cc(C)n(-c2cc(NC(=O)COc3cc(F)cc(CNC(=O)OC(C)(C)C)c3)nc(-c3ccc(C)o3)n2)n1. The summed E-state index contributed by atoms with van der Waals surface area (Å²) in [6.45, 7) is 10.4. The fraction of sp³-hybridized carbons (Fsp3) is 0.321. The van der Waals surface area contributed by atoms with Gasteiger partial charge in [-0.2, -0.15) is 5.10 Å². The van der Waals surface area contributed by atoms with Crippen molar-refractivity contribution >= 4 is 17.8 Å². The Hall–Kier alpha value is -4.74. The molecular formula is C28H31FN6O5. The van der Waals surface area contributed by atoms with E-state index in [0.717, 1.165) is 17.5 Å². The van der Waals surface area contributed by atoms with E-state index in [4.69, 9.17) is 13.9 Å². The number of anilines is 1. The van der Waals surface area contributed by atoms with Crippen molar-refractivity contribution in [2.24, 2.45) is 0 Å². The van der Waals surface area contributed by atoms with Crippen LogP contribution in [0.25, 0.3) is 17.4 Å². The second-order valence-electron chi connectivity index (χ2n) is 10.2. The molecule has 12 heteroatoms. The number of hydrogen-bond acceptors (Lipinski definition) is 8. The molecule has 0 unspecified atom stereocenters. The predicted octanol–water partition coefficient (Wildman–Crippen LogP) is 5.03. The molecule has 0 aliphatic heterocycles. The number of carbonyl (C=O) groups is 2. The number of nitrogens with one attached hydrogen (secondary N) is 2. The zero-order chi connectivity index (χ0) is 29.0. The Balaban J connectivity index is 1.46. The summed E-state index contributed by atoms with van der Waals surface area (Å²) in [5.41, 5.74) is 1.43. The Kier molecular flexibility index (Phi) is 8.17. The molecule has 0 spiro atoms. The van der Waals surface area contributed by atoms with Crippen LogP contribution in [0.2, 0.25) is 0 Å². The van der Waals surface area contributed by atoms with Crippen LogP contribution < -0.4 is 15.4 Å². The minimum Gasteiger partial charge on any atom is -0.484 e. The van der Waals surface area contributed by atoms with Crippen LogP contribution >= 0.6 is 0 Å². The molecule has 0 bridgehead atoms. The van der Waals surface area contributed by atoms with Crippen molar-refractivity contribution in [1.82, 2.24) is 25.1 Å². The lowest BCUT2D eigenvalue weighted by atomic mass is 10.2. The van der Waals surface area contributed by atoms with Crippen LogP contribution in [0.3, 0.4) is 0 Å². The van der Waals surface area contributed by atoms with Crippen molar-refractivity contribution in [2.45, 2.75) is 53.7 Å². The van der Waals surface area contributed by atoms with E-state index < -0.39 is 30.0 Å². The van der Waals surface area contributed by atoms with E-state index in [-0.39, 0.29) is 23.9 Å². The largest absolute Gasteiger partial charge is 0.484 e. The number of carbonyl (C=O) groups excluding carboxylic acids is 2. The van der Waals surface area contributed by atoms with Crippen LogP contribution in [0, 0.1) is 26.6 Å². The molecule has 0 saturated heterocycles. The zero-order valence-electron chi connectivity index (χ0n) is 23.2. The van der Waals surface area contributed by atoms with Crippen molar-refractivity contribution in [3.05, 3.63) is 71.0 Å². The first-order valence-electron chi connectivity index (χ1n) is 12.5. The fourth-order valence-electron chi connectivity index (χ4n) is 3.76. The van der Waals surface area contributed by atoms with Crippen molar-refractivity contribution < 1.29 is 27.9 Å². The molecule has 2 amide bonds. The highest BCUT2D eigenvalue weighted by molar-refractivity contribution is 5.91. The Bertz CT molecular complexity index is 1540. The van der Waals surface area contributed by atoms with Gasteiger partial charge < -0.3 is 24.5 Å². The molecule has 0 fully saturated rings. The summed E-state index contributed by atoms with van der Waals surface area (Å²) in [6, 6.07) is 10.9. The van der Waals surface area contributed by atoms with E-state index in [1.165, 1.54) is 12.1 Å². The molecule has 0 saturated carbocycles. The lowest BCUT2D eigenvalue weighted by Gasteiger charge is -2.19. The lowest BCUT2D eigenvalue weighted by Crippen LogP contribution is -2.32. The Morgan fingerprint density at radius 1 is 1.05 bits per heavy atom. The number of ether oxygens (including phenoxy) is 2. The maximum atomic E-state index is 14.2. The predicted molar refractivity (Wildman–Crippen MR) is 145 cm³/mol. The molecule has 0 radical (unpaired) electrons. The smallest absolute Gasteiger partial charge is 0.407 e. The number of aryl methyl sites for hydroxylation is 3. The van der Waals surface area contributed by atoms with Gasteiger partial charge in [0.25, 0.3) is 5.91 Å². The van der Waals surface area contributed by atoms with Gasteiger partial charge in [-0.3, -0.25) is 4.79 Å². The van der Waals surface area contributed by atoms with Crippen LogP contribution in [-0.4, -0.2) is 44.0 Å². The van der Waals surface area contributed by atoms with Crippen molar-refractivity contribution in [2.75, 3.05) is 11.9 Å². The molecule has 0 aliphatic carbocycles. The van der Waals surface area contributed by atoms with E-state index in [0.29, 0.717) is 22.9 Å². The molecule has 11 nitrogen and oxygen atoms in total. The summed E-state index contributed by atoms with van der Waals surface area (Å²) >= 11 is 0. The third-order valence-corrected chi connectivity index (χ3v) is 5.30. The third kappa shape index (κ3) is 7.65. The molecular weight excluding hydrogens is 519 g/mol. The van der Waals surface area contributed by atoms with Gasteiger partial charge in [-0.15, -0.1) is 0 Å². The van der Waals surface area contributed by atoms with Crippen molar-refractivity contribution in [3.8, 4) is 23.2 Å². The quantitative estimate of drug-likeness (QED) is 0.312. The number of halogens is 1. The Morgan fingerprint density at radius 2 is 1.82 bits per heavy atom. The highest BCUT2D eigenvalue weighted by Crippen LogP contribution is 2.23. The topological polar surface area (TPSA) is 133 Å². The summed E-state index contributed by atoms with van der Waals surface area (Å²) in [5.74, 6) is 1.03. The van der Waals surface area contributed by atoms with Gasteiger partial charge in [0.2, 0.25) is 0 Å². The van der Waals surface area contributed by atoms with Crippen LogP contribution in [0.4, 0.5) is 15.0 Å². The van der Waals surface area contributed by atoms with Gasteiger partial charge in [-0.25, -0.2) is 23.8 Å². The van der Waals surface area contributed by atoms with Gasteiger partial charge in [0.1, 0.15) is 28.7 Å². The number of amides is 2. The lowest BCUT2D eigenvalue weighted by molar-refractivity contribution is -0.118. The average Bonchev–Trinajstić information content (AvgIpc) is 3.44. The van der Waals surface area contributed by atoms with E-state index in [9.17, 15) is 14.0 Å². The number of alkyl carbamates (subject to hydrolysis) is 1. The summed E-state index contributed by atoms with van der Waals surface area (Å²) in [5, 5.41) is 9.72. The molecule has 4 rings (SSSR count). The summed E-state index contributed by atoms with van der Waals surface area (Å²) in [7, 11) is 0. The molecule has 0 aliphatic rings. The standard InChI is InChI=1S/C28H31FN6O5/c1-16-9-17(2)35(34-16)24-13-23(32-26(33-24)22-8-7-18(3)39-22)31-25(36)15-38-21-11-19(10-20(29)12-21)14-30-27(37)40-28(4,5)6/h7-13H,14-15H2,1-6H3,(H,30,37)(H,31,32,33,36). The molecule has 3 heterocycles. The van der Waals surface area contributed by atoms with Crippen LogP contribution in [0.1, 0.15) is 43.5 Å². The summed E-state index contributed by atoms with van der Waals surface area (Å²) in [6.07, 6.45) is -0.632. The van der Waals surface area contributed by atoms with Crippen molar-refractivity contribution in [3.63, 3.8) is 0 Å². The highest BCUT2D eigenvalue weighted by Gasteiger charge is 2.17. The molecule has 3 aromatic heterocycles. The number of rotatable bonds is 8. The fourth-order valence-corrected chi connectivity index (χ4v) is 3.76. The van der Waals surface area contributed by atoms with Gasteiger partial charge in [-0.05, 0) is 77.4 Å². The second-order valence-corrected chi connectivity index (χ2v) is 10.2. The Morgan fingerprint density at radius 3 is 2.48 bits per heavy atom. The number of nitrogens with zero attached hydrogens (tertiary/aromatic N) is 4. The van der Waals surface area contributed by atoms with E-state index in [1.54, 1.807) is 50.6 Å². The van der Waals surface area contributed by atoms with E-state index in [2.05, 4.69) is 25.7 Å². The molecule has 210 valence electrons. The average molecular weight is 551 g/mol. The van der Waals surface area contributed by atoms with Crippen LogP contribution in [-0.2, 0) is 16.1 Å². The van der Waals surface area contributed by atoms with Crippen LogP contribution in [0.5, 0.6) is 5.75 Å². The first-order chi connectivity index (χ1) is 18.8. The van der Waals surface area contributed by atoms with Gasteiger partial charge in [0.15, 0.2) is 24.0 Å². The normalized spacial score (nSPS) is 11.3. The number of hydrogen-bond donors (Lipinski definition) is 2. The molecule has 40 heavy (non-hydrogen) atoms. The monoisotopic (exact) mass is 550 g/mol. The van der Waals surface area contributed by atoms with Crippen LogP contribution in [0.15, 0.2) is 46.9 Å². The summed E-state index contributed by atoms with van der Waals surface area (Å²) in [4.78, 5) is 33.7.